The van der Waals surface area contributed by atoms with Crippen LogP contribution in [0, 0.1) is 5.82 Å². The van der Waals surface area contributed by atoms with Gasteiger partial charge in [-0.2, -0.15) is 0 Å². The largest absolute Gasteiger partial charge is 0.493 e. The van der Waals surface area contributed by atoms with Crippen LogP contribution < -0.4 is 14.8 Å². The molecule has 0 aliphatic heterocycles. The molecule has 0 saturated heterocycles. The van der Waals surface area contributed by atoms with Crippen molar-refractivity contribution in [2.24, 2.45) is 0 Å². The molecule has 2 aromatic carbocycles. The normalized spacial score (nSPS) is 10.4. The number of halogens is 1. The van der Waals surface area contributed by atoms with Gasteiger partial charge in [-0.05, 0) is 55.5 Å². The van der Waals surface area contributed by atoms with Gasteiger partial charge in [0.05, 0.1) is 25.0 Å². The highest BCUT2D eigenvalue weighted by atomic mass is 19.1. The summed E-state index contributed by atoms with van der Waals surface area (Å²) < 4.78 is 23.8. The summed E-state index contributed by atoms with van der Waals surface area (Å²) >= 11 is 0. The van der Waals surface area contributed by atoms with Gasteiger partial charge in [0, 0.05) is 11.1 Å². The third-order valence-electron chi connectivity index (χ3n) is 4.26. The molecule has 0 fully saturated rings. The average Bonchev–Trinajstić information content (AvgIpc) is 2.76. The van der Waals surface area contributed by atoms with E-state index in [9.17, 15) is 14.0 Å². The number of rotatable bonds is 8. The van der Waals surface area contributed by atoms with Crippen LogP contribution in [0.5, 0.6) is 11.5 Å². The molecule has 154 valence electrons. The lowest BCUT2D eigenvalue weighted by molar-refractivity contribution is -0.123. The van der Waals surface area contributed by atoms with Crippen molar-refractivity contribution in [1.82, 2.24) is 15.3 Å². The van der Waals surface area contributed by atoms with Gasteiger partial charge in [0.15, 0.2) is 23.9 Å². The van der Waals surface area contributed by atoms with Gasteiger partial charge in [0.2, 0.25) is 0 Å². The maximum absolute atomic E-state index is 13.1. The zero-order valence-electron chi connectivity index (χ0n) is 16.5. The van der Waals surface area contributed by atoms with Crippen LogP contribution in [0.1, 0.15) is 23.0 Å². The van der Waals surface area contributed by atoms with E-state index in [1.54, 1.807) is 36.4 Å². The number of benzene rings is 2. The summed E-state index contributed by atoms with van der Waals surface area (Å²) in [7, 11) is 1.46. The minimum absolute atomic E-state index is 0.0950. The van der Waals surface area contributed by atoms with E-state index in [0.29, 0.717) is 28.5 Å². The smallest absolute Gasteiger partial charge is 0.258 e. The average molecular weight is 409 g/mol. The van der Waals surface area contributed by atoms with E-state index in [-0.39, 0.29) is 30.7 Å². The summed E-state index contributed by atoms with van der Waals surface area (Å²) in [6, 6.07) is 12.4. The number of ether oxygens (including phenoxy) is 2. The Morgan fingerprint density at radius 3 is 2.50 bits per heavy atom. The summed E-state index contributed by atoms with van der Waals surface area (Å²) in [6.45, 7) is 1.41. The minimum atomic E-state index is -0.352. The molecule has 7 nitrogen and oxygen atoms in total. The molecule has 0 aliphatic rings. The zero-order valence-corrected chi connectivity index (χ0v) is 16.5. The lowest BCUT2D eigenvalue weighted by Crippen LogP contribution is -2.28. The summed E-state index contributed by atoms with van der Waals surface area (Å²) in [4.78, 5) is 31.9. The molecular formula is C22H20FN3O4. The summed E-state index contributed by atoms with van der Waals surface area (Å²) in [5, 5.41) is 2.71. The highest BCUT2D eigenvalue weighted by Crippen LogP contribution is 2.28. The van der Waals surface area contributed by atoms with Crippen molar-refractivity contribution in [2.75, 3.05) is 13.7 Å². The number of carbonyl (C=O) groups excluding carboxylic acids is 2. The Morgan fingerprint density at radius 1 is 1.03 bits per heavy atom. The number of nitrogens with zero attached hydrogens (tertiary/aromatic N) is 2. The monoisotopic (exact) mass is 409 g/mol. The number of methoxy groups -OCH3 is 1. The van der Waals surface area contributed by atoms with E-state index in [2.05, 4.69) is 15.3 Å². The molecule has 1 aromatic heterocycles. The van der Waals surface area contributed by atoms with Crippen LogP contribution in [0.15, 0.2) is 54.9 Å². The quantitative estimate of drug-likeness (QED) is 0.575. The molecule has 1 heterocycles. The highest BCUT2D eigenvalue weighted by Gasteiger charge is 2.11. The van der Waals surface area contributed by atoms with E-state index in [1.807, 2.05) is 0 Å². The molecule has 0 aliphatic carbocycles. The van der Waals surface area contributed by atoms with Crippen molar-refractivity contribution in [3.8, 4) is 22.8 Å². The Bertz CT molecular complexity index is 1050. The Balaban J connectivity index is 1.57. The van der Waals surface area contributed by atoms with Crippen LogP contribution in [0.25, 0.3) is 11.3 Å². The first-order valence-corrected chi connectivity index (χ1v) is 9.11. The van der Waals surface area contributed by atoms with Crippen LogP contribution in [0.3, 0.4) is 0 Å². The second-order valence-corrected chi connectivity index (χ2v) is 6.39. The predicted molar refractivity (Wildman–Crippen MR) is 108 cm³/mol. The molecular weight excluding hydrogens is 389 g/mol. The van der Waals surface area contributed by atoms with Crippen molar-refractivity contribution < 1.29 is 23.5 Å². The predicted octanol–water partition coefficient (Wildman–Crippen LogP) is 3.19. The van der Waals surface area contributed by atoms with E-state index in [1.165, 1.54) is 32.5 Å². The van der Waals surface area contributed by atoms with Crippen molar-refractivity contribution in [3.05, 3.63) is 71.9 Å². The first-order chi connectivity index (χ1) is 14.5. The Kier molecular flexibility index (Phi) is 6.69. The fourth-order valence-corrected chi connectivity index (χ4v) is 2.66. The van der Waals surface area contributed by atoms with Crippen molar-refractivity contribution in [3.63, 3.8) is 0 Å². The number of hydrogen-bond donors (Lipinski definition) is 1. The van der Waals surface area contributed by atoms with Gasteiger partial charge in [-0.25, -0.2) is 14.4 Å². The molecule has 3 aromatic rings. The number of aromatic nitrogens is 2. The molecule has 3 rings (SSSR count). The number of hydrogen-bond acceptors (Lipinski definition) is 6. The van der Waals surface area contributed by atoms with Crippen LogP contribution in [0.2, 0.25) is 0 Å². The number of carbonyl (C=O) groups is 2. The Hall–Kier alpha value is -3.81. The fraction of sp³-hybridized carbons (Fsp3) is 0.182. The van der Waals surface area contributed by atoms with Gasteiger partial charge in [-0.15, -0.1) is 0 Å². The summed E-state index contributed by atoms with van der Waals surface area (Å²) in [6.07, 6.45) is 1.39. The lowest BCUT2D eigenvalue weighted by Gasteiger charge is -2.12. The summed E-state index contributed by atoms with van der Waals surface area (Å²) in [5.41, 5.74) is 2.46. The van der Waals surface area contributed by atoms with Gasteiger partial charge in [-0.1, -0.05) is 0 Å². The van der Waals surface area contributed by atoms with Crippen LogP contribution in [0.4, 0.5) is 4.39 Å². The molecule has 0 spiro atoms. The Morgan fingerprint density at radius 2 is 1.80 bits per heavy atom. The van der Waals surface area contributed by atoms with Crippen molar-refractivity contribution in [2.45, 2.75) is 13.5 Å². The number of Topliss-reactive ketones (excluding diaryl/α,β-unsaturated/α-hetero) is 1. The van der Waals surface area contributed by atoms with Gasteiger partial charge < -0.3 is 14.8 Å². The molecule has 0 atom stereocenters. The summed E-state index contributed by atoms with van der Waals surface area (Å²) in [5.74, 6) is -0.0431. The first kappa shape index (κ1) is 20.9. The second kappa shape index (κ2) is 9.60. The lowest BCUT2D eigenvalue weighted by atomic mass is 10.1. The van der Waals surface area contributed by atoms with E-state index >= 15 is 0 Å². The number of ketones is 1. The van der Waals surface area contributed by atoms with Crippen LogP contribution in [-0.4, -0.2) is 35.4 Å². The number of amides is 1. The van der Waals surface area contributed by atoms with Crippen LogP contribution >= 0.6 is 0 Å². The maximum Gasteiger partial charge on any atom is 0.258 e. The Labute approximate surface area is 172 Å². The van der Waals surface area contributed by atoms with Gasteiger partial charge >= 0.3 is 0 Å². The molecule has 0 saturated carbocycles. The second-order valence-electron chi connectivity index (χ2n) is 6.39. The van der Waals surface area contributed by atoms with Gasteiger partial charge in [0.25, 0.3) is 5.91 Å². The fourth-order valence-electron chi connectivity index (χ4n) is 2.66. The van der Waals surface area contributed by atoms with E-state index in [4.69, 9.17) is 9.47 Å². The molecule has 0 bridgehead atoms. The van der Waals surface area contributed by atoms with Crippen LogP contribution in [-0.2, 0) is 11.3 Å². The third kappa shape index (κ3) is 5.38. The zero-order chi connectivity index (χ0) is 21.5. The van der Waals surface area contributed by atoms with E-state index in [0.717, 1.165) is 5.56 Å². The SMILES string of the molecule is COc1cc(C(C)=O)ccc1OCC(=O)NCc1cc(-c2ccc(F)cc2)ncn1. The number of nitrogens with one attached hydrogen (secondary N) is 1. The topological polar surface area (TPSA) is 90.4 Å². The molecule has 1 N–H and O–H groups in total. The molecule has 0 unspecified atom stereocenters. The maximum atomic E-state index is 13.1. The molecule has 0 radical (unpaired) electrons. The van der Waals surface area contributed by atoms with Gasteiger partial charge in [-0.3, -0.25) is 9.59 Å². The van der Waals surface area contributed by atoms with E-state index < -0.39 is 0 Å². The van der Waals surface area contributed by atoms with Crippen molar-refractivity contribution in [1.29, 1.82) is 0 Å². The molecule has 30 heavy (non-hydrogen) atoms. The standard InChI is InChI=1S/C22H20FN3O4/c1-14(27)16-5-8-20(21(9-16)29-2)30-12-22(28)24-11-18-10-19(26-13-25-18)15-3-6-17(23)7-4-15/h3-10,13H,11-12H2,1-2H3,(H,24,28). The van der Waals surface area contributed by atoms with Gasteiger partial charge in [0.1, 0.15) is 12.1 Å². The highest BCUT2D eigenvalue weighted by molar-refractivity contribution is 5.94. The van der Waals surface area contributed by atoms with Crippen molar-refractivity contribution >= 4 is 11.7 Å². The first-order valence-electron chi connectivity index (χ1n) is 9.11. The minimum Gasteiger partial charge on any atom is -0.493 e. The molecule has 8 heteroatoms. The third-order valence-corrected chi connectivity index (χ3v) is 4.26. The molecule has 1 amide bonds.